The lowest BCUT2D eigenvalue weighted by atomic mass is 10.6. The topological polar surface area (TPSA) is 30.5 Å². The highest BCUT2D eigenvalue weighted by Gasteiger charge is 1.83. The van der Waals surface area contributed by atoms with E-state index in [-0.39, 0.29) is 14.1 Å². The van der Waals surface area contributed by atoms with E-state index in [2.05, 4.69) is 5.32 Å². The molecule has 0 aromatic heterocycles. The fourth-order valence-electron chi connectivity index (χ4n) is 0.473. The zero-order chi connectivity index (χ0) is 6.95. The summed E-state index contributed by atoms with van der Waals surface area (Å²) in [6.45, 7) is 3.34. The van der Waals surface area contributed by atoms with Gasteiger partial charge in [-0.15, -0.1) is 0 Å². The second kappa shape index (κ2) is 22.4. The maximum absolute atomic E-state index is 4.82. The van der Waals surface area contributed by atoms with Crippen LogP contribution in [-0.4, -0.2) is 40.5 Å². The molecule has 0 aliphatic carbocycles. The van der Waals surface area contributed by atoms with Gasteiger partial charge in [0.15, 0.2) is 0 Å². The van der Waals surface area contributed by atoms with Crippen LogP contribution in [0.1, 0.15) is 0 Å². The normalized spacial score (nSPS) is 7.50. The van der Waals surface area contributed by atoms with Gasteiger partial charge in [0.25, 0.3) is 0 Å². The van der Waals surface area contributed by atoms with E-state index in [4.69, 9.17) is 9.47 Å². The maximum atomic E-state index is 4.82. The van der Waals surface area contributed by atoms with Crippen molar-refractivity contribution >= 4 is 0 Å². The molecule has 3 nitrogen and oxygen atoms in total. The van der Waals surface area contributed by atoms with Gasteiger partial charge in [0, 0.05) is 27.3 Å². The van der Waals surface area contributed by atoms with E-state index in [1.165, 1.54) is 0 Å². The van der Waals surface area contributed by atoms with Crippen molar-refractivity contribution in [1.29, 1.82) is 0 Å². The Labute approximate surface area is 70.5 Å². The molecule has 0 aromatic rings. The number of rotatable bonds is 6. The smallest absolute Gasteiger partial charge is 0.0587 e. The minimum atomic E-state index is 0. The first kappa shape index (κ1) is 22.6. The Bertz CT molecular complexity index is 54.1. The summed E-state index contributed by atoms with van der Waals surface area (Å²) < 4.78 is 9.64. The Morgan fingerprint density at radius 2 is 1.17 bits per heavy atom. The van der Waals surface area contributed by atoms with Gasteiger partial charge in [0.2, 0.25) is 0 Å². The Hall–Kier alpha value is -0.330. The highest BCUT2D eigenvalue weighted by atomic mass is 19.0. The molecule has 0 saturated heterocycles. The van der Waals surface area contributed by atoms with Gasteiger partial charge in [-0.25, -0.2) is 0 Å². The lowest BCUT2D eigenvalue weighted by Gasteiger charge is -2.01. The maximum Gasteiger partial charge on any atom is 0.0587 e. The average Bonchev–Trinajstić information content (AvgIpc) is 1.89. The third kappa shape index (κ3) is 22.6. The molecule has 0 aliphatic heterocycles. The van der Waals surface area contributed by atoms with Crippen molar-refractivity contribution in [2.45, 2.75) is 0 Å². The zero-order valence-corrected chi connectivity index (χ0v) is 7.37. The molecule has 0 radical (unpaired) electrons. The molecule has 0 fully saturated rings. The lowest BCUT2D eigenvalue weighted by Crippen LogP contribution is -2.23. The summed E-state index contributed by atoms with van der Waals surface area (Å²) in [6, 6.07) is 0. The summed E-state index contributed by atoms with van der Waals surface area (Å²) in [6.07, 6.45) is 0. The summed E-state index contributed by atoms with van der Waals surface area (Å²) in [5, 5.41) is 3.14. The van der Waals surface area contributed by atoms with E-state index in [0.29, 0.717) is 0 Å². The van der Waals surface area contributed by atoms with Crippen LogP contribution in [0.25, 0.3) is 0 Å². The monoisotopic (exact) mass is 193 g/mol. The average molecular weight is 193 g/mol. The summed E-state index contributed by atoms with van der Waals surface area (Å²) in [5.41, 5.74) is 0. The van der Waals surface area contributed by atoms with Crippen molar-refractivity contribution in [2.24, 2.45) is 0 Å². The fraction of sp³-hybridized carbons (Fsp3) is 1.00. The molecule has 12 heavy (non-hydrogen) atoms. The van der Waals surface area contributed by atoms with Crippen molar-refractivity contribution < 1.29 is 23.6 Å². The quantitative estimate of drug-likeness (QED) is 0.616. The first-order chi connectivity index (χ1) is 4.41. The number of halogens is 3. The molecule has 0 atom stereocenters. The van der Waals surface area contributed by atoms with Crippen LogP contribution in [0, 0.1) is 0 Å². The van der Waals surface area contributed by atoms with Crippen LogP contribution in [-0.2, 0) is 9.47 Å². The van der Waals surface area contributed by atoms with Gasteiger partial charge in [0.05, 0.1) is 13.2 Å². The summed E-state index contributed by atoms with van der Waals surface area (Å²) in [4.78, 5) is 0. The molecule has 0 aliphatic rings. The van der Waals surface area contributed by atoms with E-state index in [9.17, 15) is 0 Å². The predicted octanol–water partition coefficient (Wildman–Crippen LogP) is 0.326. The number of methoxy groups -OCH3 is 2. The largest absolute Gasteiger partial charge is 0.383 e. The minimum absolute atomic E-state index is 0. The minimum Gasteiger partial charge on any atom is -0.383 e. The Balaban J connectivity index is -0.000000107. The zero-order valence-electron chi connectivity index (χ0n) is 7.37. The van der Waals surface area contributed by atoms with Crippen LogP contribution >= 0.6 is 0 Å². The molecule has 0 unspecified atom stereocenters. The summed E-state index contributed by atoms with van der Waals surface area (Å²) >= 11 is 0. The van der Waals surface area contributed by atoms with E-state index in [1.54, 1.807) is 14.2 Å². The predicted molar refractivity (Wildman–Crippen MR) is 44.1 cm³/mol. The standard InChI is InChI=1S/C6H15NO2.3FH/c1-8-5-3-7-4-6-9-2;;;/h7H,3-6H2,1-2H3;3*1H. The summed E-state index contributed by atoms with van der Waals surface area (Å²) in [7, 11) is 3.38. The van der Waals surface area contributed by atoms with E-state index in [1.807, 2.05) is 0 Å². The van der Waals surface area contributed by atoms with Crippen molar-refractivity contribution in [3.63, 3.8) is 0 Å². The van der Waals surface area contributed by atoms with Gasteiger partial charge >= 0.3 is 0 Å². The first-order valence-electron chi connectivity index (χ1n) is 3.10. The molecule has 0 spiro atoms. The molecule has 0 heterocycles. The second-order valence-corrected chi connectivity index (χ2v) is 1.74. The van der Waals surface area contributed by atoms with E-state index < -0.39 is 0 Å². The second-order valence-electron chi connectivity index (χ2n) is 1.74. The van der Waals surface area contributed by atoms with Gasteiger partial charge in [-0.2, -0.15) is 0 Å². The third-order valence-electron chi connectivity index (χ3n) is 0.966. The molecule has 0 bridgehead atoms. The lowest BCUT2D eigenvalue weighted by molar-refractivity contribution is 0.180. The van der Waals surface area contributed by atoms with Gasteiger partial charge in [-0.3, -0.25) is 14.1 Å². The van der Waals surface area contributed by atoms with Crippen LogP contribution in [0.2, 0.25) is 0 Å². The molecular formula is C6H18F3NO2. The van der Waals surface area contributed by atoms with Crippen LogP contribution < -0.4 is 5.32 Å². The van der Waals surface area contributed by atoms with Crippen LogP contribution in [0.15, 0.2) is 0 Å². The van der Waals surface area contributed by atoms with Crippen LogP contribution in [0.5, 0.6) is 0 Å². The van der Waals surface area contributed by atoms with Crippen molar-refractivity contribution in [1.82, 2.24) is 5.32 Å². The molecule has 0 amide bonds. The molecule has 1 N–H and O–H groups in total. The fourth-order valence-corrected chi connectivity index (χ4v) is 0.473. The van der Waals surface area contributed by atoms with Crippen molar-refractivity contribution in [3.05, 3.63) is 0 Å². The van der Waals surface area contributed by atoms with Gasteiger partial charge in [-0.05, 0) is 0 Å². The molecular weight excluding hydrogens is 175 g/mol. The van der Waals surface area contributed by atoms with E-state index >= 15 is 0 Å². The highest BCUT2D eigenvalue weighted by molar-refractivity contribution is 4.42. The molecule has 0 rings (SSSR count). The third-order valence-corrected chi connectivity index (χ3v) is 0.966. The highest BCUT2D eigenvalue weighted by Crippen LogP contribution is 1.65. The van der Waals surface area contributed by atoms with E-state index in [0.717, 1.165) is 26.3 Å². The number of hydrogen-bond acceptors (Lipinski definition) is 3. The van der Waals surface area contributed by atoms with Crippen LogP contribution in [0.3, 0.4) is 0 Å². The number of nitrogens with one attached hydrogen (secondary N) is 1. The molecule has 80 valence electrons. The first-order valence-corrected chi connectivity index (χ1v) is 3.10. The SMILES string of the molecule is COCCNCCOC.F.F.F. The summed E-state index contributed by atoms with van der Waals surface area (Å²) in [5.74, 6) is 0. The Morgan fingerprint density at radius 3 is 1.42 bits per heavy atom. The van der Waals surface area contributed by atoms with Crippen molar-refractivity contribution in [2.75, 3.05) is 40.5 Å². The molecule has 0 saturated carbocycles. The Kier molecular flexibility index (Phi) is 42.2. The van der Waals surface area contributed by atoms with Crippen LogP contribution in [0.4, 0.5) is 14.1 Å². The molecule has 0 aromatic carbocycles. The number of hydrogen-bond donors (Lipinski definition) is 1. The molecule has 6 heteroatoms. The van der Waals surface area contributed by atoms with Gasteiger partial charge in [0.1, 0.15) is 0 Å². The van der Waals surface area contributed by atoms with Gasteiger partial charge < -0.3 is 14.8 Å². The van der Waals surface area contributed by atoms with Gasteiger partial charge in [-0.1, -0.05) is 0 Å². The Morgan fingerprint density at radius 1 is 0.833 bits per heavy atom. The van der Waals surface area contributed by atoms with Crippen molar-refractivity contribution in [3.8, 4) is 0 Å². The number of ether oxygens (including phenoxy) is 2.